The third-order valence-electron chi connectivity index (χ3n) is 2.30. The number of rotatable bonds is 3. The number of nitrogens with one attached hydrogen (secondary N) is 1. The molecule has 0 saturated carbocycles. The maximum atomic E-state index is 8.82. The minimum Gasteiger partial charge on any atom is -0.396 e. The van der Waals surface area contributed by atoms with Gasteiger partial charge in [0.1, 0.15) is 5.72 Å². The molecule has 1 atom stereocenters. The molecule has 66 valence electrons. The van der Waals surface area contributed by atoms with Crippen molar-refractivity contribution in [2.24, 2.45) is 5.92 Å². The first-order valence-corrected chi connectivity index (χ1v) is 4.21. The van der Waals surface area contributed by atoms with Crippen molar-refractivity contribution in [3.8, 4) is 0 Å². The largest absolute Gasteiger partial charge is 0.396 e. The molecule has 1 aliphatic heterocycles. The second kappa shape index (κ2) is 3.52. The zero-order valence-corrected chi connectivity index (χ0v) is 7.26. The average Bonchev–Trinajstić information content (AvgIpc) is 2.38. The van der Waals surface area contributed by atoms with Gasteiger partial charge in [-0.15, -0.1) is 0 Å². The van der Waals surface area contributed by atoms with Crippen LogP contribution in [-0.2, 0) is 4.74 Å². The van der Waals surface area contributed by atoms with E-state index in [1.165, 1.54) is 0 Å². The third-order valence-corrected chi connectivity index (χ3v) is 2.30. The monoisotopic (exact) mass is 159 g/mol. The van der Waals surface area contributed by atoms with Gasteiger partial charge in [0.2, 0.25) is 0 Å². The van der Waals surface area contributed by atoms with Crippen molar-refractivity contribution >= 4 is 0 Å². The molecule has 0 aromatic carbocycles. The zero-order chi connectivity index (χ0) is 8.32. The molecule has 0 aromatic rings. The fourth-order valence-electron chi connectivity index (χ4n) is 1.53. The molecule has 3 nitrogen and oxygen atoms in total. The minimum absolute atomic E-state index is 0.186. The van der Waals surface area contributed by atoms with Crippen LogP contribution in [-0.4, -0.2) is 30.6 Å². The smallest absolute Gasteiger partial charge is 0.123 e. The Labute approximate surface area is 67.7 Å². The topological polar surface area (TPSA) is 41.5 Å². The summed E-state index contributed by atoms with van der Waals surface area (Å²) in [6, 6.07) is 0. The Balaban J connectivity index is 2.55. The van der Waals surface area contributed by atoms with Crippen LogP contribution >= 0.6 is 0 Å². The lowest BCUT2D eigenvalue weighted by Gasteiger charge is -2.32. The maximum absolute atomic E-state index is 8.82. The highest BCUT2D eigenvalue weighted by atomic mass is 16.5. The summed E-state index contributed by atoms with van der Waals surface area (Å²) in [4.78, 5) is 0. The molecule has 0 bridgehead atoms. The van der Waals surface area contributed by atoms with Gasteiger partial charge < -0.3 is 9.84 Å². The van der Waals surface area contributed by atoms with Crippen molar-refractivity contribution in [1.82, 2.24) is 5.32 Å². The molecule has 0 aliphatic carbocycles. The van der Waals surface area contributed by atoms with Gasteiger partial charge >= 0.3 is 0 Å². The number of hydrogen-bond acceptors (Lipinski definition) is 3. The maximum Gasteiger partial charge on any atom is 0.123 e. The highest BCUT2D eigenvalue weighted by molar-refractivity contribution is 4.85. The van der Waals surface area contributed by atoms with Gasteiger partial charge in [0.15, 0.2) is 0 Å². The van der Waals surface area contributed by atoms with Gasteiger partial charge in [-0.05, 0) is 5.92 Å². The lowest BCUT2D eigenvalue weighted by atomic mass is 9.97. The summed E-state index contributed by atoms with van der Waals surface area (Å²) in [5, 5.41) is 12.1. The number of ether oxygens (including phenoxy) is 1. The van der Waals surface area contributed by atoms with E-state index in [0.717, 1.165) is 13.2 Å². The second-order valence-electron chi connectivity index (χ2n) is 3.29. The van der Waals surface area contributed by atoms with Crippen LogP contribution in [0, 0.1) is 5.92 Å². The summed E-state index contributed by atoms with van der Waals surface area (Å²) in [6.45, 7) is 6.06. The van der Waals surface area contributed by atoms with Gasteiger partial charge in [-0.2, -0.15) is 0 Å². The Bertz CT molecular complexity index is 119. The summed E-state index contributed by atoms with van der Waals surface area (Å²) in [5.41, 5.74) is -0.255. The van der Waals surface area contributed by atoms with Crippen LogP contribution in [0.15, 0.2) is 0 Å². The molecule has 0 spiro atoms. The fourth-order valence-corrected chi connectivity index (χ4v) is 1.53. The van der Waals surface area contributed by atoms with E-state index in [2.05, 4.69) is 19.2 Å². The fraction of sp³-hybridized carbons (Fsp3) is 1.00. The predicted molar refractivity (Wildman–Crippen MR) is 43.2 cm³/mol. The highest BCUT2D eigenvalue weighted by Crippen LogP contribution is 2.25. The standard InChI is InChI=1S/C8H17NO2/c1-7(2)8(3-5-10)9-4-6-11-8/h7,9-10H,3-6H2,1-2H3. The Morgan fingerprint density at radius 2 is 2.36 bits per heavy atom. The van der Waals surface area contributed by atoms with E-state index in [1.807, 2.05) is 0 Å². The van der Waals surface area contributed by atoms with Gasteiger partial charge in [-0.25, -0.2) is 0 Å². The molecule has 1 heterocycles. The summed E-state index contributed by atoms with van der Waals surface area (Å²) in [6.07, 6.45) is 0.685. The first-order valence-electron chi connectivity index (χ1n) is 4.21. The van der Waals surface area contributed by atoms with Crippen molar-refractivity contribution in [3.63, 3.8) is 0 Å². The SMILES string of the molecule is CC(C)C1(CCO)NCCO1. The van der Waals surface area contributed by atoms with Crippen molar-refractivity contribution in [1.29, 1.82) is 0 Å². The van der Waals surface area contributed by atoms with Crippen LogP contribution in [0.2, 0.25) is 0 Å². The van der Waals surface area contributed by atoms with Gasteiger partial charge in [0.25, 0.3) is 0 Å². The van der Waals surface area contributed by atoms with E-state index in [4.69, 9.17) is 9.84 Å². The molecule has 3 heteroatoms. The Morgan fingerprint density at radius 1 is 1.64 bits per heavy atom. The molecular formula is C8H17NO2. The molecule has 0 radical (unpaired) electrons. The van der Waals surface area contributed by atoms with Crippen molar-refractivity contribution < 1.29 is 9.84 Å². The molecular weight excluding hydrogens is 142 g/mol. The second-order valence-corrected chi connectivity index (χ2v) is 3.29. The van der Waals surface area contributed by atoms with Gasteiger partial charge in [-0.3, -0.25) is 5.32 Å². The quantitative estimate of drug-likeness (QED) is 0.624. The molecule has 0 aromatic heterocycles. The van der Waals surface area contributed by atoms with Crippen LogP contribution in [0.25, 0.3) is 0 Å². The lowest BCUT2D eigenvalue weighted by Crippen LogP contribution is -2.46. The predicted octanol–water partition coefficient (Wildman–Crippen LogP) is 0.341. The molecule has 11 heavy (non-hydrogen) atoms. The van der Waals surface area contributed by atoms with Crippen molar-refractivity contribution in [3.05, 3.63) is 0 Å². The zero-order valence-electron chi connectivity index (χ0n) is 7.26. The Morgan fingerprint density at radius 3 is 2.73 bits per heavy atom. The molecule has 1 saturated heterocycles. The third kappa shape index (κ3) is 1.72. The molecule has 2 N–H and O–H groups in total. The van der Waals surface area contributed by atoms with Crippen LogP contribution in [0.4, 0.5) is 0 Å². The normalized spacial score (nSPS) is 31.6. The van der Waals surface area contributed by atoms with E-state index in [0.29, 0.717) is 12.3 Å². The van der Waals surface area contributed by atoms with E-state index in [-0.39, 0.29) is 12.3 Å². The van der Waals surface area contributed by atoms with Crippen LogP contribution < -0.4 is 5.32 Å². The Kier molecular flexibility index (Phi) is 2.87. The number of aliphatic hydroxyl groups is 1. The van der Waals surface area contributed by atoms with E-state index in [9.17, 15) is 0 Å². The van der Waals surface area contributed by atoms with Crippen molar-refractivity contribution in [2.45, 2.75) is 26.0 Å². The van der Waals surface area contributed by atoms with E-state index >= 15 is 0 Å². The van der Waals surface area contributed by atoms with Crippen molar-refractivity contribution in [2.75, 3.05) is 19.8 Å². The molecule has 1 unspecified atom stereocenters. The average molecular weight is 159 g/mol. The van der Waals surface area contributed by atoms with E-state index < -0.39 is 0 Å². The lowest BCUT2D eigenvalue weighted by molar-refractivity contribution is -0.0627. The van der Waals surface area contributed by atoms with Gasteiger partial charge in [-0.1, -0.05) is 13.8 Å². The highest BCUT2D eigenvalue weighted by Gasteiger charge is 2.36. The van der Waals surface area contributed by atoms with Crippen LogP contribution in [0.5, 0.6) is 0 Å². The minimum atomic E-state index is -0.255. The summed E-state index contributed by atoms with van der Waals surface area (Å²) >= 11 is 0. The molecule has 1 fully saturated rings. The van der Waals surface area contributed by atoms with Crippen LogP contribution in [0.3, 0.4) is 0 Å². The van der Waals surface area contributed by atoms with Gasteiger partial charge in [0, 0.05) is 19.6 Å². The molecule has 1 aliphatic rings. The summed E-state index contributed by atoms with van der Waals surface area (Å²) in [5.74, 6) is 0.414. The Hall–Kier alpha value is -0.120. The number of aliphatic hydroxyl groups excluding tert-OH is 1. The summed E-state index contributed by atoms with van der Waals surface area (Å²) < 4.78 is 5.57. The summed E-state index contributed by atoms with van der Waals surface area (Å²) in [7, 11) is 0. The first-order chi connectivity index (χ1) is 5.21. The van der Waals surface area contributed by atoms with E-state index in [1.54, 1.807) is 0 Å². The number of hydrogen-bond donors (Lipinski definition) is 2. The van der Waals surface area contributed by atoms with Crippen LogP contribution in [0.1, 0.15) is 20.3 Å². The molecule has 1 rings (SSSR count). The van der Waals surface area contributed by atoms with Gasteiger partial charge in [0.05, 0.1) is 6.61 Å². The first kappa shape index (κ1) is 8.97. The molecule has 0 amide bonds.